The topological polar surface area (TPSA) is 48.8 Å². The summed E-state index contributed by atoms with van der Waals surface area (Å²) < 4.78 is 11.6. The molecule has 2 unspecified atom stereocenters. The van der Waals surface area contributed by atoms with E-state index in [0.29, 0.717) is 17.8 Å². The summed E-state index contributed by atoms with van der Waals surface area (Å²) in [6.45, 7) is 4.57. The van der Waals surface area contributed by atoms with Crippen LogP contribution in [0.1, 0.15) is 37.3 Å². The molecule has 0 spiro atoms. The Balaban J connectivity index is 1.16. The fraction of sp³-hybridized carbons (Fsp3) is 0.115. The van der Waals surface area contributed by atoms with E-state index in [-0.39, 0.29) is 0 Å². The summed E-state index contributed by atoms with van der Waals surface area (Å²) in [7, 11) is 0. The zero-order chi connectivity index (χ0) is 37.8. The van der Waals surface area contributed by atoms with Crippen LogP contribution in [0.2, 0.25) is 0 Å². The van der Waals surface area contributed by atoms with Crippen molar-refractivity contribution in [1.29, 1.82) is 0 Å². The van der Waals surface area contributed by atoms with Crippen molar-refractivity contribution in [2.45, 2.75) is 26.7 Å². The minimum absolute atomic E-state index is 0.341. The highest BCUT2D eigenvalue weighted by atomic mass is 16.3. The largest absolute Gasteiger partial charge is 0.454 e. The van der Waals surface area contributed by atoms with Crippen molar-refractivity contribution in [3.63, 3.8) is 0 Å². The molecular weight excluding hydrogens is 697 g/mol. The Morgan fingerprint density at radius 2 is 1.33 bits per heavy atom. The van der Waals surface area contributed by atoms with Crippen LogP contribution in [0.15, 0.2) is 156 Å². The Labute approximate surface area is 329 Å². The number of allylic oxidation sites excluding steroid dienone is 5. The molecule has 0 fully saturated rings. The Bertz CT molecular complexity index is 3330. The van der Waals surface area contributed by atoms with Crippen LogP contribution in [0.5, 0.6) is 0 Å². The molecule has 2 aliphatic rings. The third kappa shape index (κ3) is 4.75. The maximum Gasteiger partial charge on any atom is 0.235 e. The predicted octanol–water partition coefficient (Wildman–Crippen LogP) is 13.4. The van der Waals surface area contributed by atoms with Gasteiger partial charge in [-0.2, -0.15) is 0 Å². The van der Waals surface area contributed by atoms with E-state index in [2.05, 4.69) is 181 Å². The molecule has 57 heavy (non-hydrogen) atoms. The molecule has 5 nitrogen and oxygen atoms in total. The van der Waals surface area contributed by atoms with Crippen LogP contribution in [0.25, 0.3) is 99.9 Å². The molecule has 2 atom stereocenters. The molecule has 2 aliphatic carbocycles. The third-order valence-electron chi connectivity index (χ3n) is 12.3. The van der Waals surface area contributed by atoms with Gasteiger partial charge in [0.2, 0.25) is 5.95 Å². The quantitative estimate of drug-likeness (QED) is 0.181. The van der Waals surface area contributed by atoms with Gasteiger partial charge in [-0.25, -0.2) is 9.97 Å². The summed E-state index contributed by atoms with van der Waals surface area (Å²) in [4.78, 5) is 10.8. The zero-order valence-corrected chi connectivity index (χ0v) is 31.8. The fourth-order valence-corrected chi connectivity index (χ4v) is 9.62. The Morgan fingerprint density at radius 1 is 0.667 bits per heavy atom. The first kappa shape index (κ1) is 32.3. The highest BCUT2D eigenvalue weighted by molar-refractivity contribution is 6.23. The number of hydrogen-bond acceptors (Lipinski definition) is 3. The van der Waals surface area contributed by atoms with E-state index in [9.17, 15) is 0 Å². The summed E-state index contributed by atoms with van der Waals surface area (Å²) in [6.07, 6.45) is 13.0. The smallest absolute Gasteiger partial charge is 0.235 e. The molecule has 4 aromatic heterocycles. The standard InChI is InChI=1S/C52H38N4O/c1-31-23-28-47-41(29-31)42-30-40(33-24-26-34(27-25-33)55-44-20-10-6-15-36(44)37-16-7-11-21-45(37)55)48-39-18-8-12-22-46(39)56(50(48)51(42)57-47)52-53-43-19-9-5-17-38(43)49(54-52)35-14-4-3-13-32(35)2/h3-12,14-28,30-32H,13,29H2,1-2H3. The maximum atomic E-state index is 6.95. The minimum atomic E-state index is 0.341. The molecule has 272 valence electrons. The molecule has 0 amide bonds. The van der Waals surface area contributed by atoms with E-state index in [4.69, 9.17) is 14.4 Å². The van der Waals surface area contributed by atoms with Crippen LogP contribution in [0.4, 0.5) is 0 Å². The van der Waals surface area contributed by atoms with Crippen LogP contribution < -0.4 is 0 Å². The van der Waals surface area contributed by atoms with E-state index in [0.717, 1.165) is 79.2 Å². The van der Waals surface area contributed by atoms with Crippen molar-refractivity contribution in [3.8, 4) is 22.8 Å². The van der Waals surface area contributed by atoms with E-state index >= 15 is 0 Å². The second-order valence-corrected chi connectivity index (χ2v) is 15.9. The number of nitrogens with zero attached hydrogens (tertiary/aromatic N) is 4. The number of para-hydroxylation sites is 4. The lowest BCUT2D eigenvalue weighted by Gasteiger charge is -2.19. The summed E-state index contributed by atoms with van der Waals surface area (Å²) >= 11 is 0. The average molecular weight is 735 g/mol. The summed E-state index contributed by atoms with van der Waals surface area (Å²) in [5, 5.41) is 7.01. The third-order valence-corrected chi connectivity index (χ3v) is 12.3. The summed E-state index contributed by atoms with van der Waals surface area (Å²) in [6, 6.07) is 46.0. The van der Waals surface area contributed by atoms with Crippen molar-refractivity contribution in [2.24, 2.45) is 11.8 Å². The molecular formula is C52H38N4O. The molecule has 12 rings (SSSR count). The minimum Gasteiger partial charge on any atom is -0.454 e. The molecule has 0 N–H and O–H groups in total. The first-order valence-electron chi connectivity index (χ1n) is 20.0. The Kier molecular flexibility index (Phi) is 6.94. The van der Waals surface area contributed by atoms with E-state index in [1.165, 1.54) is 38.5 Å². The van der Waals surface area contributed by atoms with Crippen LogP contribution in [-0.4, -0.2) is 19.1 Å². The SMILES string of the molecule is CC1C=Cc2oc3c(cc(-c4ccc(-n5c6ccccc6c6ccccc65)cc4)c4c5ccccc5n(-c5nc(C6=CC=CCC6C)c6ccccc6n5)c34)c2C1. The van der Waals surface area contributed by atoms with Gasteiger partial charge in [-0.1, -0.05) is 123 Å². The normalized spacial score (nSPS) is 16.8. The molecule has 5 heteroatoms. The number of furan rings is 1. The Hall–Kier alpha value is -6.98. The van der Waals surface area contributed by atoms with Crippen LogP contribution in [-0.2, 0) is 6.42 Å². The lowest BCUT2D eigenvalue weighted by Crippen LogP contribution is -2.08. The molecule has 0 aliphatic heterocycles. The number of rotatable bonds is 4. The van der Waals surface area contributed by atoms with Gasteiger partial charge < -0.3 is 8.98 Å². The van der Waals surface area contributed by atoms with Crippen molar-refractivity contribution >= 4 is 77.1 Å². The lowest BCUT2D eigenvalue weighted by atomic mass is 9.89. The Morgan fingerprint density at radius 3 is 2.07 bits per heavy atom. The van der Waals surface area contributed by atoms with E-state index in [1.54, 1.807) is 0 Å². The molecule has 0 saturated heterocycles. The van der Waals surface area contributed by atoms with E-state index < -0.39 is 0 Å². The summed E-state index contributed by atoms with van der Waals surface area (Å²) in [5.74, 6) is 2.35. The summed E-state index contributed by atoms with van der Waals surface area (Å²) in [5.41, 5.74) is 13.2. The number of hydrogen-bond donors (Lipinski definition) is 0. The lowest BCUT2D eigenvalue weighted by molar-refractivity contribution is 0.585. The van der Waals surface area contributed by atoms with Crippen molar-refractivity contribution in [3.05, 3.63) is 169 Å². The number of benzene rings is 6. The van der Waals surface area contributed by atoms with Gasteiger partial charge in [0.25, 0.3) is 0 Å². The maximum absolute atomic E-state index is 6.95. The van der Waals surface area contributed by atoms with Crippen LogP contribution in [0.3, 0.4) is 0 Å². The zero-order valence-electron chi connectivity index (χ0n) is 31.8. The first-order valence-corrected chi connectivity index (χ1v) is 20.0. The monoisotopic (exact) mass is 734 g/mol. The second kappa shape index (κ2) is 12.3. The van der Waals surface area contributed by atoms with Gasteiger partial charge in [0.15, 0.2) is 5.58 Å². The van der Waals surface area contributed by atoms with Crippen LogP contribution in [0, 0.1) is 11.8 Å². The molecule has 10 aromatic rings. The number of aromatic nitrogens is 4. The van der Waals surface area contributed by atoms with Crippen molar-refractivity contribution in [1.82, 2.24) is 19.1 Å². The molecule has 6 aromatic carbocycles. The highest BCUT2D eigenvalue weighted by Gasteiger charge is 2.28. The van der Waals surface area contributed by atoms with Gasteiger partial charge in [0, 0.05) is 43.6 Å². The van der Waals surface area contributed by atoms with Gasteiger partial charge in [-0.3, -0.25) is 4.57 Å². The molecule has 0 saturated carbocycles. The van der Waals surface area contributed by atoms with Crippen LogP contribution >= 0.6 is 0 Å². The first-order chi connectivity index (χ1) is 28.1. The highest BCUT2D eigenvalue weighted by Crippen LogP contribution is 2.46. The molecule has 0 bridgehead atoms. The van der Waals surface area contributed by atoms with Gasteiger partial charge in [-0.15, -0.1) is 0 Å². The van der Waals surface area contributed by atoms with Crippen molar-refractivity contribution in [2.75, 3.05) is 0 Å². The number of fused-ring (bicyclic) bond motifs is 11. The molecule has 4 heterocycles. The van der Waals surface area contributed by atoms with E-state index in [1.807, 2.05) is 0 Å². The average Bonchev–Trinajstić information content (AvgIpc) is 3.91. The second-order valence-electron chi connectivity index (χ2n) is 15.9. The molecule has 0 radical (unpaired) electrons. The van der Waals surface area contributed by atoms with Gasteiger partial charge in [-0.05, 0) is 89.9 Å². The van der Waals surface area contributed by atoms with Gasteiger partial charge in [0.1, 0.15) is 11.3 Å². The fourth-order valence-electron chi connectivity index (χ4n) is 9.62. The van der Waals surface area contributed by atoms with Crippen molar-refractivity contribution < 1.29 is 4.42 Å². The predicted molar refractivity (Wildman–Crippen MR) is 236 cm³/mol. The van der Waals surface area contributed by atoms with Gasteiger partial charge >= 0.3 is 0 Å². The van der Waals surface area contributed by atoms with Gasteiger partial charge in [0.05, 0.1) is 27.8 Å².